The molecule has 0 aliphatic heterocycles. The number of nitrogens with zero attached hydrogens (tertiary/aromatic N) is 2. The van der Waals surface area contributed by atoms with E-state index in [2.05, 4.69) is 9.92 Å². The third-order valence-corrected chi connectivity index (χ3v) is 4.85. The molecule has 10 heteroatoms. The summed E-state index contributed by atoms with van der Waals surface area (Å²) in [4.78, 5) is 0. The van der Waals surface area contributed by atoms with Crippen LogP contribution in [0.4, 0.5) is 0 Å². The molecule has 5 nitrogen and oxygen atoms in total. The van der Waals surface area contributed by atoms with E-state index in [-0.39, 0.29) is 5.89 Å². The van der Waals surface area contributed by atoms with Crippen molar-refractivity contribution in [1.29, 1.82) is 0 Å². The normalized spacial score (nSPS) is 13.0. The number of hydrogen-bond donors (Lipinski definition) is 0. The van der Waals surface area contributed by atoms with Gasteiger partial charge in [0, 0.05) is 15.6 Å². The lowest BCUT2D eigenvalue weighted by Gasteiger charge is -2.12. The fraction of sp³-hybridized carbons (Fsp3) is 0.273. The van der Waals surface area contributed by atoms with Gasteiger partial charge in [0.15, 0.2) is 0 Å². The van der Waals surface area contributed by atoms with Gasteiger partial charge in [-0.25, -0.2) is 0 Å². The summed E-state index contributed by atoms with van der Waals surface area (Å²) in [5.41, 5.74) is 2.77. The second-order valence-electron chi connectivity index (χ2n) is 4.27. The topological polar surface area (TPSA) is 68.6 Å². The molecule has 1 heterocycles. The molecule has 2 aromatic rings. The molecule has 0 N–H and O–H groups in total. The van der Waals surface area contributed by atoms with Crippen LogP contribution in [-0.2, 0) is 4.57 Å². The van der Waals surface area contributed by atoms with Crippen molar-refractivity contribution in [2.24, 2.45) is 4.76 Å². The predicted octanol–water partition coefficient (Wildman–Crippen LogP) is 5.65. The van der Waals surface area contributed by atoms with E-state index in [0.29, 0.717) is 15.6 Å². The van der Waals surface area contributed by atoms with Crippen molar-refractivity contribution in [2.45, 2.75) is 20.8 Å². The van der Waals surface area contributed by atoms with Crippen LogP contribution in [0.2, 0.25) is 10.0 Å². The minimum absolute atomic E-state index is 0.0920. The van der Waals surface area contributed by atoms with Gasteiger partial charge < -0.3 is 4.42 Å². The summed E-state index contributed by atoms with van der Waals surface area (Å²) in [6, 6.07) is 0. The van der Waals surface area contributed by atoms with Crippen molar-refractivity contribution in [3.8, 4) is 11.5 Å². The van der Waals surface area contributed by atoms with Crippen molar-refractivity contribution in [1.82, 2.24) is 5.16 Å². The van der Waals surface area contributed by atoms with Gasteiger partial charge in [-0.15, -0.1) is 4.76 Å². The molecular formula is C11H9Cl4N2O3P. The van der Waals surface area contributed by atoms with E-state index >= 15 is 0 Å². The van der Waals surface area contributed by atoms with Crippen LogP contribution in [0.5, 0.6) is 0 Å². The third kappa shape index (κ3) is 3.49. The number of hydrogen-bond acceptors (Lipinski definition) is 4. The maximum atomic E-state index is 11.2. The minimum atomic E-state index is -3.73. The van der Waals surface area contributed by atoms with Crippen molar-refractivity contribution < 1.29 is 13.5 Å². The van der Waals surface area contributed by atoms with Gasteiger partial charge in [-0.05, 0) is 65.1 Å². The van der Waals surface area contributed by atoms with Crippen LogP contribution in [0.3, 0.4) is 0 Å². The maximum absolute atomic E-state index is 11.2. The van der Waals surface area contributed by atoms with Crippen molar-refractivity contribution >= 4 is 51.7 Å². The molecule has 1 aromatic carbocycles. The Balaban J connectivity index is 2.70. The molecule has 21 heavy (non-hydrogen) atoms. The highest BCUT2D eigenvalue weighted by atomic mass is 35.9. The van der Waals surface area contributed by atoms with Gasteiger partial charge in [0.05, 0.1) is 0 Å². The quantitative estimate of drug-likeness (QED) is 0.622. The largest absolute Gasteiger partial charge is 0.426 e. The first kappa shape index (κ1) is 16.9. The predicted molar refractivity (Wildman–Crippen MR) is 83.3 cm³/mol. The average molecular weight is 390 g/mol. The van der Waals surface area contributed by atoms with E-state index in [4.69, 9.17) is 54.6 Å². The van der Waals surface area contributed by atoms with E-state index in [1.807, 2.05) is 6.92 Å². The molecule has 114 valence electrons. The fourth-order valence-corrected chi connectivity index (χ4v) is 2.98. The Kier molecular flexibility index (Phi) is 4.81. The highest BCUT2D eigenvalue weighted by Crippen LogP contribution is 2.57. The van der Waals surface area contributed by atoms with Crippen molar-refractivity contribution in [3.05, 3.63) is 32.5 Å². The van der Waals surface area contributed by atoms with Crippen LogP contribution in [0.15, 0.2) is 13.7 Å². The van der Waals surface area contributed by atoms with Crippen LogP contribution in [-0.4, -0.2) is 5.16 Å². The lowest BCUT2D eigenvalue weighted by Crippen LogP contribution is -1.95. The maximum Gasteiger partial charge on any atom is 0.426 e. The zero-order valence-electron chi connectivity index (χ0n) is 11.1. The molecule has 0 fully saturated rings. The molecule has 0 spiro atoms. The summed E-state index contributed by atoms with van der Waals surface area (Å²) in [5, 5.41) is 4.71. The standard InChI is InChI=1S/C11H9Cl4N2O3P/c1-4-7(5(2)9(13)6(3)8(4)12)10-16-20-11(19-10)17-21(14,15)18/h1-3H3/b17-11-. The summed E-state index contributed by atoms with van der Waals surface area (Å²) in [5.74, 6) is -4.03. The van der Waals surface area contributed by atoms with Crippen molar-refractivity contribution in [2.75, 3.05) is 0 Å². The van der Waals surface area contributed by atoms with Gasteiger partial charge in [0.25, 0.3) is 5.89 Å². The molecule has 0 bridgehead atoms. The molecule has 2 rings (SSSR count). The second kappa shape index (κ2) is 5.98. The molecule has 1 aromatic heterocycles. The molecule has 0 atom stereocenters. The number of benzene rings is 1. The van der Waals surface area contributed by atoms with Crippen molar-refractivity contribution in [3.63, 3.8) is 0 Å². The van der Waals surface area contributed by atoms with Gasteiger partial charge >= 0.3 is 11.7 Å². The van der Waals surface area contributed by atoms with E-state index in [1.54, 1.807) is 13.8 Å². The summed E-state index contributed by atoms with van der Waals surface area (Å²) < 4.78 is 24.6. The molecule has 0 unspecified atom stereocenters. The van der Waals surface area contributed by atoms with Gasteiger partial charge in [0.1, 0.15) is 0 Å². The first-order valence-corrected chi connectivity index (χ1v) is 9.82. The Morgan fingerprint density at radius 2 is 1.57 bits per heavy atom. The lowest BCUT2D eigenvalue weighted by atomic mass is 9.99. The van der Waals surface area contributed by atoms with Gasteiger partial charge in [-0.1, -0.05) is 23.2 Å². The van der Waals surface area contributed by atoms with Crippen LogP contribution in [0, 0.1) is 20.8 Å². The van der Waals surface area contributed by atoms with E-state index in [9.17, 15) is 4.57 Å². The zero-order chi connectivity index (χ0) is 15.9. The second-order valence-corrected chi connectivity index (χ2v) is 9.36. The van der Waals surface area contributed by atoms with Crippen LogP contribution in [0.1, 0.15) is 16.7 Å². The number of aromatic nitrogens is 1. The molecule has 0 aliphatic rings. The highest BCUT2D eigenvalue weighted by Gasteiger charge is 2.21. The Bertz CT molecular complexity index is 792. The SMILES string of the molecule is Cc1c(Cl)c(C)c(-c2no/c(=N\P(=O)(Cl)Cl)o2)c(C)c1Cl. The number of rotatable bonds is 2. The highest BCUT2D eigenvalue weighted by molar-refractivity contribution is 8.07. The third-order valence-electron chi connectivity index (χ3n) is 2.87. The van der Waals surface area contributed by atoms with E-state index in [1.165, 1.54) is 0 Å². The smallest absolute Gasteiger partial charge is 0.387 e. The monoisotopic (exact) mass is 388 g/mol. The van der Waals surface area contributed by atoms with E-state index in [0.717, 1.165) is 16.7 Å². The summed E-state index contributed by atoms with van der Waals surface area (Å²) in [6.07, 6.45) is 0. The first-order valence-electron chi connectivity index (χ1n) is 5.59. The molecule has 0 saturated heterocycles. The average Bonchev–Trinajstić information content (AvgIpc) is 2.80. The number of halogens is 4. The molecular weight excluding hydrogens is 381 g/mol. The fourth-order valence-electron chi connectivity index (χ4n) is 1.91. The summed E-state index contributed by atoms with van der Waals surface area (Å²) >= 11 is 23.1. The minimum Gasteiger partial charge on any atom is -0.387 e. The van der Waals surface area contributed by atoms with Gasteiger partial charge in [-0.3, -0.25) is 9.09 Å². The summed E-state index contributed by atoms with van der Waals surface area (Å²) in [6.45, 7) is 5.40. The Morgan fingerprint density at radius 1 is 1.05 bits per heavy atom. The Hall–Kier alpha value is -0.450. The molecule has 0 amide bonds. The molecule has 0 radical (unpaired) electrons. The van der Waals surface area contributed by atoms with E-state index < -0.39 is 11.7 Å². The van der Waals surface area contributed by atoms with Gasteiger partial charge in [0.2, 0.25) is 0 Å². The van der Waals surface area contributed by atoms with Gasteiger partial charge in [-0.2, -0.15) is 0 Å². The Morgan fingerprint density at radius 3 is 2.05 bits per heavy atom. The molecule has 0 aliphatic carbocycles. The Labute approximate surface area is 139 Å². The lowest BCUT2D eigenvalue weighted by molar-refractivity contribution is 0.323. The van der Waals surface area contributed by atoms with Crippen LogP contribution >= 0.6 is 51.7 Å². The summed E-state index contributed by atoms with van der Waals surface area (Å²) in [7, 11) is 0. The van der Waals surface area contributed by atoms with Crippen LogP contribution in [0.25, 0.3) is 11.5 Å². The zero-order valence-corrected chi connectivity index (χ0v) is 15.0. The first-order chi connectivity index (χ1) is 9.61. The van der Waals surface area contributed by atoms with Crippen LogP contribution < -0.4 is 5.75 Å². The molecule has 0 saturated carbocycles.